The number of rotatable bonds is 26. The van der Waals surface area contributed by atoms with E-state index in [0.29, 0.717) is 72.6 Å². The van der Waals surface area contributed by atoms with E-state index in [-0.39, 0.29) is 41.5 Å². The van der Waals surface area contributed by atoms with Gasteiger partial charge in [-0.25, -0.2) is 26.7 Å². The van der Waals surface area contributed by atoms with E-state index in [1.807, 2.05) is 0 Å². The first-order valence-corrected chi connectivity index (χ1v) is 16.0. The number of nitrogens with one attached hydrogen (secondary N) is 1. The molecule has 0 spiro atoms. The monoisotopic (exact) mass is 676 g/mol. The van der Waals surface area contributed by atoms with Crippen LogP contribution in [0.15, 0.2) is 46.9 Å². The molecule has 13 nitrogen and oxygen atoms in total. The number of carboxylic acids is 1. The molecule has 2 aromatic carbocycles. The summed E-state index contributed by atoms with van der Waals surface area (Å²) in [6.07, 6.45) is 1.12. The van der Waals surface area contributed by atoms with Crippen LogP contribution in [0.4, 0.5) is 8.78 Å². The lowest BCUT2D eigenvalue weighted by molar-refractivity contribution is -0.132. The average molecular weight is 677 g/mol. The van der Waals surface area contributed by atoms with Crippen molar-refractivity contribution in [2.45, 2.75) is 11.8 Å². The van der Waals surface area contributed by atoms with Crippen molar-refractivity contribution in [2.75, 3.05) is 92.4 Å². The topological polar surface area (TPSA) is 174 Å². The molecule has 0 amide bonds. The van der Waals surface area contributed by atoms with Crippen molar-refractivity contribution in [1.82, 2.24) is 4.72 Å². The van der Waals surface area contributed by atoms with Crippen LogP contribution < -0.4 is 15.2 Å². The Kier molecular flexibility index (Phi) is 19.1. The van der Waals surface area contributed by atoms with Gasteiger partial charge < -0.3 is 44.0 Å². The second kappa shape index (κ2) is 22.5. The minimum Gasteiger partial charge on any atom is -0.478 e. The molecule has 0 unspecified atom stereocenters. The molecular weight excluding hydrogens is 634 g/mol. The largest absolute Gasteiger partial charge is 0.478 e. The molecule has 0 saturated heterocycles. The average Bonchev–Trinajstić information content (AvgIpc) is 3.02. The number of aliphatic carboxylic acids is 1. The van der Waals surface area contributed by atoms with E-state index in [9.17, 15) is 22.0 Å². The van der Waals surface area contributed by atoms with Crippen LogP contribution in [-0.4, -0.2) is 112 Å². The predicted molar refractivity (Wildman–Crippen MR) is 163 cm³/mol. The maximum Gasteiger partial charge on any atom is 0.331 e. The van der Waals surface area contributed by atoms with Gasteiger partial charge in [0.2, 0.25) is 10.0 Å². The zero-order chi connectivity index (χ0) is 33.6. The summed E-state index contributed by atoms with van der Waals surface area (Å²) in [6.45, 7) is 6.55. The van der Waals surface area contributed by atoms with Crippen molar-refractivity contribution in [3.8, 4) is 11.5 Å². The minimum atomic E-state index is -3.88. The number of benzene rings is 2. The number of hydrogen-bond acceptors (Lipinski definition) is 11. The van der Waals surface area contributed by atoms with E-state index in [1.165, 1.54) is 31.2 Å². The van der Waals surface area contributed by atoms with E-state index in [0.717, 1.165) is 18.2 Å². The van der Waals surface area contributed by atoms with E-state index in [1.54, 1.807) is 0 Å². The van der Waals surface area contributed by atoms with Gasteiger partial charge in [-0.05, 0) is 55.0 Å². The van der Waals surface area contributed by atoms with E-state index >= 15 is 0 Å². The summed E-state index contributed by atoms with van der Waals surface area (Å²) >= 11 is 0. The first kappa shape index (κ1) is 39.1. The van der Waals surface area contributed by atoms with Gasteiger partial charge in [-0.1, -0.05) is 0 Å². The lowest BCUT2D eigenvalue weighted by Gasteiger charge is -2.11. The second-order valence-corrected chi connectivity index (χ2v) is 11.1. The minimum absolute atomic E-state index is 0.00828. The molecule has 0 radical (unpaired) electrons. The zero-order valence-corrected chi connectivity index (χ0v) is 26.5. The van der Waals surface area contributed by atoms with Crippen molar-refractivity contribution in [2.24, 2.45) is 5.73 Å². The first-order chi connectivity index (χ1) is 22.1. The number of nitrogens with two attached hydrogens (primary N) is 1. The highest BCUT2D eigenvalue weighted by atomic mass is 32.2. The number of carbonyl (C=O) groups is 1. The molecule has 0 aliphatic carbocycles. The fourth-order valence-corrected chi connectivity index (χ4v) is 4.51. The predicted octanol–water partition coefficient (Wildman–Crippen LogP) is 2.58. The van der Waals surface area contributed by atoms with Crippen LogP contribution in [0.5, 0.6) is 11.5 Å². The van der Waals surface area contributed by atoms with Gasteiger partial charge in [0.25, 0.3) is 0 Å². The third-order valence-corrected chi connectivity index (χ3v) is 7.23. The highest BCUT2D eigenvalue weighted by molar-refractivity contribution is 7.89. The maximum absolute atomic E-state index is 14.4. The summed E-state index contributed by atoms with van der Waals surface area (Å²) in [4.78, 5) is 10.8. The Balaban J connectivity index is 1.55. The fourth-order valence-electron chi connectivity index (χ4n) is 3.49. The van der Waals surface area contributed by atoms with E-state index in [2.05, 4.69) is 4.72 Å². The molecule has 0 atom stereocenters. The van der Waals surface area contributed by atoms with E-state index < -0.39 is 33.4 Å². The van der Waals surface area contributed by atoms with Gasteiger partial charge in [0, 0.05) is 18.7 Å². The normalized spacial score (nSPS) is 12.0. The summed E-state index contributed by atoms with van der Waals surface area (Å²) < 4.78 is 93.7. The molecule has 258 valence electrons. The molecule has 0 saturated carbocycles. The van der Waals surface area contributed by atoms with Crippen LogP contribution in [0.25, 0.3) is 6.08 Å². The van der Waals surface area contributed by atoms with Gasteiger partial charge in [0.15, 0.2) is 17.4 Å². The fraction of sp³-hybridized carbons (Fsp3) is 0.500. The number of sulfonamides is 1. The highest BCUT2D eigenvalue weighted by Gasteiger charge is 2.16. The molecule has 0 fully saturated rings. The third-order valence-electron chi connectivity index (χ3n) is 5.76. The molecular formula is C30H42F2N2O11S. The quantitative estimate of drug-likeness (QED) is 0.0983. The number of carboxylic acid groups (broad SMARTS) is 1. The Morgan fingerprint density at radius 3 is 1.65 bits per heavy atom. The number of hydrogen-bond donors (Lipinski definition) is 3. The summed E-state index contributed by atoms with van der Waals surface area (Å²) in [5.74, 6) is -4.05. The molecule has 0 aliphatic heterocycles. The van der Waals surface area contributed by atoms with E-state index in [4.69, 9.17) is 44.0 Å². The Labute approximate surface area is 267 Å². The van der Waals surface area contributed by atoms with Crippen LogP contribution in [0.1, 0.15) is 12.5 Å². The van der Waals surface area contributed by atoms with Gasteiger partial charge in [-0.3, -0.25) is 0 Å². The smallest absolute Gasteiger partial charge is 0.331 e. The van der Waals surface area contributed by atoms with Gasteiger partial charge in [-0.15, -0.1) is 0 Å². The first-order valence-electron chi connectivity index (χ1n) is 14.5. The van der Waals surface area contributed by atoms with Crippen LogP contribution in [0.3, 0.4) is 0 Å². The van der Waals surface area contributed by atoms with Crippen LogP contribution in [0.2, 0.25) is 0 Å². The van der Waals surface area contributed by atoms with Gasteiger partial charge in [0.1, 0.15) is 5.75 Å². The van der Waals surface area contributed by atoms with Crippen LogP contribution in [-0.2, 0) is 43.2 Å². The lowest BCUT2D eigenvalue weighted by atomic mass is 10.1. The molecule has 0 bridgehead atoms. The zero-order valence-electron chi connectivity index (χ0n) is 25.7. The van der Waals surface area contributed by atoms with Gasteiger partial charge in [0.05, 0.1) is 84.2 Å². The van der Waals surface area contributed by atoms with Crippen LogP contribution in [0, 0.1) is 11.6 Å². The van der Waals surface area contributed by atoms with Gasteiger partial charge in [-0.2, -0.15) is 0 Å². The highest BCUT2D eigenvalue weighted by Crippen LogP contribution is 2.30. The Hall–Kier alpha value is -3.06. The molecule has 2 rings (SSSR count). The van der Waals surface area contributed by atoms with Crippen molar-refractivity contribution in [3.05, 3.63) is 59.2 Å². The third kappa shape index (κ3) is 16.0. The standard InChI is InChI=1S/C30H42F2N2O11S/c1-23(30(35)36)20-24-21-27(31)29(28(32)22-24)45-25-2-4-26(5-3-25)46(37,38)34-7-9-40-11-13-42-15-17-44-19-18-43-16-14-41-12-10-39-8-6-33/h2-5,20-22,34H,6-19,33H2,1H3,(H,35,36)/b23-20+. The summed E-state index contributed by atoms with van der Waals surface area (Å²) in [5, 5.41) is 8.93. The van der Waals surface area contributed by atoms with Crippen molar-refractivity contribution >= 4 is 22.1 Å². The molecule has 4 N–H and O–H groups in total. The maximum atomic E-state index is 14.4. The second-order valence-electron chi connectivity index (χ2n) is 9.38. The Bertz CT molecular complexity index is 1290. The number of halogens is 2. The molecule has 0 aromatic heterocycles. The van der Waals surface area contributed by atoms with Crippen molar-refractivity contribution < 1.29 is 60.3 Å². The summed E-state index contributed by atoms with van der Waals surface area (Å²) in [5.41, 5.74) is 5.22. The lowest BCUT2D eigenvalue weighted by Crippen LogP contribution is -2.27. The van der Waals surface area contributed by atoms with Crippen molar-refractivity contribution in [1.29, 1.82) is 0 Å². The molecule has 46 heavy (non-hydrogen) atoms. The molecule has 0 heterocycles. The summed E-state index contributed by atoms with van der Waals surface area (Å²) in [7, 11) is -3.88. The summed E-state index contributed by atoms with van der Waals surface area (Å²) in [6, 6.07) is 6.81. The molecule has 16 heteroatoms. The SMILES string of the molecule is C/C(=C\c1cc(F)c(Oc2ccc(S(=O)(=O)NCCOCCOCCOCCOCCOCCOCCN)cc2)c(F)c1)C(=O)O. The molecule has 0 aliphatic rings. The Morgan fingerprint density at radius 1 is 0.783 bits per heavy atom. The van der Waals surface area contributed by atoms with Crippen molar-refractivity contribution in [3.63, 3.8) is 0 Å². The Morgan fingerprint density at radius 2 is 1.22 bits per heavy atom. The van der Waals surface area contributed by atoms with Crippen LogP contribution >= 0.6 is 0 Å². The van der Waals surface area contributed by atoms with Gasteiger partial charge >= 0.3 is 5.97 Å². The number of ether oxygens (including phenoxy) is 7. The molecule has 2 aromatic rings.